The van der Waals surface area contributed by atoms with Crippen molar-refractivity contribution in [3.8, 4) is 11.1 Å². The van der Waals surface area contributed by atoms with Gasteiger partial charge in [-0.1, -0.05) is 48.5 Å². The van der Waals surface area contributed by atoms with Crippen LogP contribution in [0.5, 0.6) is 0 Å². The molecule has 2 aromatic rings. The predicted molar refractivity (Wildman–Crippen MR) is 65.9 cm³/mol. The van der Waals surface area contributed by atoms with Gasteiger partial charge in [-0.25, -0.2) is 0 Å². The first kappa shape index (κ1) is 10.9. The minimum atomic E-state index is -0.580. The van der Waals surface area contributed by atoms with Gasteiger partial charge in [0, 0.05) is 6.54 Å². The van der Waals surface area contributed by atoms with Gasteiger partial charge in [0.05, 0.1) is 6.10 Å². The number of hydrogen-bond acceptors (Lipinski definition) is 2. The van der Waals surface area contributed by atoms with Crippen LogP contribution < -0.4 is 5.73 Å². The molecule has 2 nitrogen and oxygen atoms in total. The van der Waals surface area contributed by atoms with Gasteiger partial charge < -0.3 is 10.8 Å². The van der Waals surface area contributed by atoms with E-state index in [4.69, 9.17) is 5.73 Å². The van der Waals surface area contributed by atoms with E-state index >= 15 is 0 Å². The summed E-state index contributed by atoms with van der Waals surface area (Å²) in [4.78, 5) is 0. The Hall–Kier alpha value is -1.64. The van der Waals surface area contributed by atoms with E-state index in [1.54, 1.807) is 0 Å². The lowest BCUT2D eigenvalue weighted by Gasteiger charge is -2.09. The van der Waals surface area contributed by atoms with Crippen molar-refractivity contribution in [3.05, 3.63) is 60.2 Å². The smallest absolute Gasteiger partial charge is 0.0912 e. The molecule has 1 atom stereocenters. The molecule has 2 rings (SSSR count). The maximum absolute atomic E-state index is 9.68. The maximum Gasteiger partial charge on any atom is 0.0912 e. The van der Waals surface area contributed by atoms with Crippen LogP contribution in [0.2, 0.25) is 0 Å². The molecule has 2 aromatic carbocycles. The summed E-state index contributed by atoms with van der Waals surface area (Å²) >= 11 is 0. The first-order valence-corrected chi connectivity index (χ1v) is 5.35. The number of benzene rings is 2. The fraction of sp³-hybridized carbons (Fsp3) is 0.143. The van der Waals surface area contributed by atoms with Gasteiger partial charge in [0.25, 0.3) is 0 Å². The Balaban J connectivity index is 2.36. The lowest BCUT2D eigenvalue weighted by Crippen LogP contribution is -2.11. The van der Waals surface area contributed by atoms with E-state index in [9.17, 15) is 5.11 Å². The minimum absolute atomic E-state index is 0.248. The maximum atomic E-state index is 9.68. The van der Waals surface area contributed by atoms with Crippen LogP contribution in [0.3, 0.4) is 0 Å². The van der Waals surface area contributed by atoms with Crippen LogP contribution in [-0.2, 0) is 0 Å². The van der Waals surface area contributed by atoms with Crippen molar-refractivity contribution in [3.63, 3.8) is 0 Å². The molecule has 82 valence electrons. The molecule has 0 bridgehead atoms. The van der Waals surface area contributed by atoms with Crippen LogP contribution in [0.25, 0.3) is 11.1 Å². The molecule has 0 unspecified atom stereocenters. The molecule has 3 N–H and O–H groups in total. The zero-order valence-electron chi connectivity index (χ0n) is 9.01. The van der Waals surface area contributed by atoms with E-state index in [1.165, 1.54) is 0 Å². The first-order chi connectivity index (χ1) is 7.81. The van der Waals surface area contributed by atoms with Crippen LogP contribution in [0.4, 0.5) is 0 Å². The highest BCUT2D eigenvalue weighted by atomic mass is 16.3. The molecule has 0 aliphatic rings. The second-order valence-corrected chi connectivity index (χ2v) is 3.74. The summed E-state index contributed by atoms with van der Waals surface area (Å²) in [5.74, 6) is 0. The second kappa shape index (κ2) is 4.92. The second-order valence-electron chi connectivity index (χ2n) is 3.74. The van der Waals surface area contributed by atoms with Gasteiger partial charge in [0.1, 0.15) is 0 Å². The Morgan fingerprint density at radius 1 is 0.938 bits per heavy atom. The quantitative estimate of drug-likeness (QED) is 0.822. The fourth-order valence-corrected chi connectivity index (χ4v) is 1.69. The average molecular weight is 213 g/mol. The molecule has 0 amide bonds. The van der Waals surface area contributed by atoms with Crippen molar-refractivity contribution in [1.82, 2.24) is 0 Å². The van der Waals surface area contributed by atoms with Crippen molar-refractivity contribution in [1.29, 1.82) is 0 Å². The Kier molecular flexibility index (Phi) is 3.34. The summed E-state index contributed by atoms with van der Waals surface area (Å²) in [6, 6.07) is 17.9. The van der Waals surface area contributed by atoms with Gasteiger partial charge in [0.15, 0.2) is 0 Å². The third kappa shape index (κ3) is 2.30. The average Bonchev–Trinajstić information content (AvgIpc) is 2.39. The third-order valence-electron chi connectivity index (χ3n) is 2.60. The molecule has 0 radical (unpaired) electrons. The third-order valence-corrected chi connectivity index (χ3v) is 2.60. The largest absolute Gasteiger partial charge is 0.387 e. The minimum Gasteiger partial charge on any atom is -0.387 e. The highest BCUT2D eigenvalue weighted by molar-refractivity contribution is 5.64. The Bertz CT molecular complexity index is 453. The molecular formula is C14H15NO. The van der Waals surface area contributed by atoms with Gasteiger partial charge in [-0.15, -0.1) is 0 Å². The van der Waals surface area contributed by atoms with E-state index in [0.717, 1.165) is 16.7 Å². The van der Waals surface area contributed by atoms with Gasteiger partial charge in [0.2, 0.25) is 0 Å². The molecule has 16 heavy (non-hydrogen) atoms. The summed E-state index contributed by atoms with van der Waals surface area (Å²) in [5.41, 5.74) is 8.56. The number of aliphatic hydroxyl groups excluding tert-OH is 1. The standard InChI is InChI=1S/C14H15NO/c15-10-14(16)13-8-4-7-12(9-13)11-5-2-1-3-6-11/h1-9,14,16H,10,15H2/t14-/m1/s1. The normalized spacial score (nSPS) is 12.4. The fourth-order valence-electron chi connectivity index (χ4n) is 1.69. The molecule has 0 aliphatic carbocycles. The van der Waals surface area contributed by atoms with E-state index in [1.807, 2.05) is 54.6 Å². The van der Waals surface area contributed by atoms with Crippen LogP contribution in [-0.4, -0.2) is 11.7 Å². The van der Waals surface area contributed by atoms with Gasteiger partial charge in [-0.05, 0) is 22.8 Å². The lowest BCUT2D eigenvalue weighted by molar-refractivity contribution is 0.187. The van der Waals surface area contributed by atoms with Crippen LogP contribution in [0, 0.1) is 0 Å². The zero-order valence-corrected chi connectivity index (χ0v) is 9.01. The molecular weight excluding hydrogens is 198 g/mol. The van der Waals surface area contributed by atoms with E-state index in [2.05, 4.69) is 0 Å². The molecule has 2 heteroatoms. The van der Waals surface area contributed by atoms with Crippen molar-refractivity contribution in [2.45, 2.75) is 6.10 Å². The molecule has 0 saturated carbocycles. The number of aliphatic hydroxyl groups is 1. The van der Waals surface area contributed by atoms with Crippen molar-refractivity contribution in [2.24, 2.45) is 5.73 Å². The number of rotatable bonds is 3. The zero-order chi connectivity index (χ0) is 11.4. The Morgan fingerprint density at radius 3 is 2.31 bits per heavy atom. The summed E-state index contributed by atoms with van der Waals surface area (Å²) in [5, 5.41) is 9.68. The van der Waals surface area contributed by atoms with E-state index in [0.29, 0.717) is 0 Å². The predicted octanol–water partition coefficient (Wildman–Crippen LogP) is 2.35. The Morgan fingerprint density at radius 2 is 1.62 bits per heavy atom. The molecule has 0 aromatic heterocycles. The lowest BCUT2D eigenvalue weighted by atomic mass is 10.0. The van der Waals surface area contributed by atoms with Crippen molar-refractivity contribution in [2.75, 3.05) is 6.54 Å². The Labute approximate surface area is 95.4 Å². The molecule has 0 aliphatic heterocycles. The van der Waals surface area contributed by atoms with E-state index in [-0.39, 0.29) is 6.54 Å². The van der Waals surface area contributed by atoms with Crippen LogP contribution in [0.15, 0.2) is 54.6 Å². The van der Waals surface area contributed by atoms with Crippen molar-refractivity contribution < 1.29 is 5.11 Å². The molecule has 0 heterocycles. The van der Waals surface area contributed by atoms with Gasteiger partial charge in [-0.3, -0.25) is 0 Å². The highest BCUT2D eigenvalue weighted by Gasteiger charge is 2.05. The van der Waals surface area contributed by atoms with Crippen LogP contribution >= 0.6 is 0 Å². The summed E-state index contributed by atoms with van der Waals surface area (Å²) in [6.45, 7) is 0.248. The highest BCUT2D eigenvalue weighted by Crippen LogP contribution is 2.22. The van der Waals surface area contributed by atoms with E-state index < -0.39 is 6.10 Å². The summed E-state index contributed by atoms with van der Waals surface area (Å²) < 4.78 is 0. The number of nitrogens with two attached hydrogens (primary N) is 1. The number of hydrogen-bond donors (Lipinski definition) is 2. The summed E-state index contributed by atoms with van der Waals surface area (Å²) in [7, 11) is 0. The van der Waals surface area contributed by atoms with Gasteiger partial charge >= 0.3 is 0 Å². The molecule has 0 fully saturated rings. The van der Waals surface area contributed by atoms with Crippen molar-refractivity contribution >= 4 is 0 Å². The van der Waals surface area contributed by atoms with Crippen LogP contribution in [0.1, 0.15) is 11.7 Å². The topological polar surface area (TPSA) is 46.2 Å². The molecule has 0 spiro atoms. The summed E-state index contributed by atoms with van der Waals surface area (Å²) in [6.07, 6.45) is -0.580. The van der Waals surface area contributed by atoms with Gasteiger partial charge in [-0.2, -0.15) is 0 Å². The monoisotopic (exact) mass is 213 g/mol. The first-order valence-electron chi connectivity index (χ1n) is 5.35. The molecule has 0 saturated heterocycles. The SMILES string of the molecule is NC[C@@H](O)c1cccc(-c2ccccc2)c1.